The molecule has 0 aromatic carbocycles. The van der Waals surface area contributed by atoms with Crippen molar-refractivity contribution in [2.45, 2.75) is 289 Å². The average Bonchev–Trinajstić information content (AvgIpc) is 3.39. The van der Waals surface area contributed by atoms with Crippen molar-refractivity contribution in [3.63, 3.8) is 0 Å². The highest BCUT2D eigenvalue weighted by molar-refractivity contribution is 7.45. The van der Waals surface area contributed by atoms with Crippen molar-refractivity contribution in [1.29, 1.82) is 0 Å². The number of quaternary nitrogens is 1. The van der Waals surface area contributed by atoms with Crippen LogP contribution in [0.5, 0.6) is 0 Å². The Morgan fingerprint density at radius 1 is 0.468 bits per heavy atom. The van der Waals surface area contributed by atoms with Gasteiger partial charge in [0, 0.05) is 6.42 Å². The summed E-state index contributed by atoms with van der Waals surface area (Å²) < 4.78 is 23.5. The first-order valence-electron chi connectivity index (χ1n) is 32.1. The van der Waals surface area contributed by atoms with Crippen molar-refractivity contribution in [2.75, 3.05) is 40.9 Å². The third-order valence-electron chi connectivity index (χ3n) is 14.1. The quantitative estimate of drug-likeness (QED) is 0.0272. The van der Waals surface area contributed by atoms with Gasteiger partial charge in [0.15, 0.2) is 0 Å². The van der Waals surface area contributed by atoms with Gasteiger partial charge in [-0.2, -0.15) is 0 Å². The molecule has 0 aromatic rings. The largest absolute Gasteiger partial charge is 0.756 e. The molecule has 0 aliphatic rings. The van der Waals surface area contributed by atoms with Gasteiger partial charge in [0.25, 0.3) is 7.82 Å². The highest BCUT2D eigenvalue weighted by Gasteiger charge is 2.24. The molecule has 9 heteroatoms. The predicted octanol–water partition coefficient (Wildman–Crippen LogP) is 19.5. The van der Waals surface area contributed by atoms with E-state index >= 15 is 0 Å². The van der Waals surface area contributed by atoms with Crippen molar-refractivity contribution >= 4 is 13.7 Å². The first-order chi connectivity index (χ1) is 37.5. The lowest BCUT2D eigenvalue weighted by Gasteiger charge is -2.30. The number of amides is 1. The van der Waals surface area contributed by atoms with E-state index < -0.39 is 20.0 Å². The Morgan fingerprint density at radius 2 is 0.792 bits per heavy atom. The number of carbonyl (C=O) groups excluding carboxylic acids is 1. The number of rotatable bonds is 58. The summed E-state index contributed by atoms with van der Waals surface area (Å²) in [7, 11) is 1.30. The lowest BCUT2D eigenvalue weighted by atomic mass is 10.0. The zero-order valence-electron chi connectivity index (χ0n) is 50.9. The molecule has 0 aromatic heterocycles. The van der Waals surface area contributed by atoms with Crippen LogP contribution in [0.25, 0.3) is 0 Å². The summed E-state index contributed by atoms with van der Waals surface area (Å²) in [4.78, 5) is 25.6. The molecule has 0 radical (unpaired) electrons. The maximum Gasteiger partial charge on any atom is 0.268 e. The Balaban J connectivity index is 4.07. The number of hydrogen-bond donors (Lipinski definition) is 2. The first-order valence-corrected chi connectivity index (χ1v) is 33.5. The number of carbonyl (C=O) groups is 1. The first kappa shape index (κ1) is 74.4. The Morgan fingerprint density at radius 3 is 1.16 bits per heavy atom. The molecule has 0 spiro atoms. The van der Waals surface area contributed by atoms with Gasteiger partial charge in [-0.15, -0.1) is 0 Å². The van der Waals surface area contributed by atoms with E-state index in [2.05, 4.69) is 116 Å². The molecular formula is C68H123N2O6P. The van der Waals surface area contributed by atoms with Gasteiger partial charge in [-0.05, 0) is 77.0 Å². The molecule has 0 aliphatic heterocycles. The van der Waals surface area contributed by atoms with Crippen molar-refractivity contribution in [2.24, 2.45) is 0 Å². The third kappa shape index (κ3) is 60.9. The van der Waals surface area contributed by atoms with Gasteiger partial charge in [0.2, 0.25) is 5.91 Å². The summed E-state index contributed by atoms with van der Waals surface area (Å²) in [5.41, 5.74) is 0. The number of unbranched alkanes of at least 4 members (excludes halogenated alkanes) is 29. The molecule has 0 aliphatic carbocycles. The van der Waals surface area contributed by atoms with Gasteiger partial charge in [0.05, 0.1) is 39.9 Å². The van der Waals surface area contributed by atoms with Gasteiger partial charge in [-0.3, -0.25) is 9.36 Å². The van der Waals surface area contributed by atoms with Crippen LogP contribution in [-0.4, -0.2) is 68.5 Å². The van der Waals surface area contributed by atoms with Crippen molar-refractivity contribution in [1.82, 2.24) is 5.32 Å². The van der Waals surface area contributed by atoms with Crippen LogP contribution in [0.4, 0.5) is 0 Å². The van der Waals surface area contributed by atoms with E-state index in [1.807, 2.05) is 21.1 Å². The lowest BCUT2D eigenvalue weighted by Crippen LogP contribution is -2.46. The van der Waals surface area contributed by atoms with E-state index in [4.69, 9.17) is 9.05 Å². The van der Waals surface area contributed by atoms with Gasteiger partial charge < -0.3 is 28.8 Å². The van der Waals surface area contributed by atoms with Crippen molar-refractivity contribution < 1.29 is 32.9 Å². The van der Waals surface area contributed by atoms with Crippen LogP contribution in [0.1, 0.15) is 277 Å². The minimum Gasteiger partial charge on any atom is -0.756 e. The number of nitrogens with zero attached hydrogens (tertiary/aromatic N) is 1. The fraction of sp³-hybridized carbons (Fsp3) is 0.750. The zero-order valence-corrected chi connectivity index (χ0v) is 51.8. The summed E-state index contributed by atoms with van der Waals surface area (Å²) >= 11 is 0. The maximum atomic E-state index is 13.0. The number of phosphoric ester groups is 1. The highest BCUT2D eigenvalue weighted by atomic mass is 31.2. The molecule has 0 fully saturated rings. The average molecular weight is 1100 g/mol. The van der Waals surface area contributed by atoms with Crippen LogP contribution in [0.15, 0.2) is 97.2 Å². The number of nitrogens with one attached hydrogen (secondary N) is 1. The Bertz CT molecular complexity index is 1570. The van der Waals surface area contributed by atoms with E-state index in [0.717, 1.165) is 89.9 Å². The van der Waals surface area contributed by atoms with Crippen LogP contribution in [0, 0.1) is 0 Å². The second-order valence-electron chi connectivity index (χ2n) is 22.7. The second kappa shape index (κ2) is 58.1. The van der Waals surface area contributed by atoms with E-state index in [1.54, 1.807) is 0 Å². The van der Waals surface area contributed by atoms with Crippen LogP contribution in [0.3, 0.4) is 0 Å². The second-order valence-corrected chi connectivity index (χ2v) is 24.2. The number of likely N-dealkylation sites (N-methyl/N-ethyl adjacent to an activating group) is 1. The van der Waals surface area contributed by atoms with E-state index in [9.17, 15) is 19.4 Å². The summed E-state index contributed by atoms with van der Waals surface area (Å²) in [6, 6.07) is -0.807. The number of allylic oxidation sites excluding steroid dienone is 16. The monoisotopic (exact) mass is 1090 g/mol. The third-order valence-corrected chi connectivity index (χ3v) is 15.1. The van der Waals surface area contributed by atoms with Gasteiger partial charge in [-0.1, -0.05) is 291 Å². The van der Waals surface area contributed by atoms with Crippen molar-refractivity contribution in [3.8, 4) is 0 Å². The number of phosphoric acid groups is 1. The fourth-order valence-corrected chi connectivity index (χ4v) is 9.84. The van der Waals surface area contributed by atoms with Crippen LogP contribution >= 0.6 is 7.82 Å². The highest BCUT2D eigenvalue weighted by Crippen LogP contribution is 2.38. The molecule has 446 valence electrons. The Kier molecular flexibility index (Phi) is 56.1. The van der Waals surface area contributed by atoms with E-state index in [1.165, 1.54) is 161 Å². The number of aliphatic hydroxyl groups is 1. The maximum absolute atomic E-state index is 13.0. The minimum atomic E-state index is -4.58. The molecule has 0 saturated carbocycles. The van der Waals surface area contributed by atoms with Gasteiger partial charge in [-0.25, -0.2) is 0 Å². The molecule has 77 heavy (non-hydrogen) atoms. The van der Waals surface area contributed by atoms with Crippen LogP contribution in [0.2, 0.25) is 0 Å². The van der Waals surface area contributed by atoms with Gasteiger partial charge >= 0.3 is 0 Å². The van der Waals surface area contributed by atoms with Crippen molar-refractivity contribution in [3.05, 3.63) is 97.2 Å². The Hall–Kier alpha value is -2.58. The topological polar surface area (TPSA) is 108 Å². The summed E-state index contributed by atoms with van der Waals surface area (Å²) in [6.45, 7) is 4.62. The minimum absolute atomic E-state index is 0.00891. The molecule has 2 N–H and O–H groups in total. The molecule has 0 rings (SSSR count). The normalized spacial score (nSPS) is 14.4. The molecule has 0 heterocycles. The number of aliphatic hydroxyl groups excluding tert-OH is 1. The fourth-order valence-electron chi connectivity index (χ4n) is 9.12. The summed E-state index contributed by atoms with van der Waals surface area (Å²) in [5.74, 6) is -0.168. The molecule has 8 nitrogen and oxygen atoms in total. The molecule has 0 bridgehead atoms. The van der Waals surface area contributed by atoms with Crippen LogP contribution < -0.4 is 10.2 Å². The molecule has 3 atom stereocenters. The van der Waals surface area contributed by atoms with E-state index in [-0.39, 0.29) is 19.1 Å². The zero-order chi connectivity index (χ0) is 56.3. The van der Waals surface area contributed by atoms with Gasteiger partial charge in [0.1, 0.15) is 13.2 Å². The molecular weight excluding hydrogens is 972 g/mol. The number of hydrogen-bond acceptors (Lipinski definition) is 6. The lowest BCUT2D eigenvalue weighted by molar-refractivity contribution is -0.870. The Labute approximate surface area is 477 Å². The summed E-state index contributed by atoms with van der Waals surface area (Å²) in [6.07, 6.45) is 83.1. The summed E-state index contributed by atoms with van der Waals surface area (Å²) in [5, 5.41) is 14.0. The SMILES string of the molecule is CC/C=C\C/C=C\C/C=C\C/C=C\C/C=C\C/C=C\C/C=C\C/C=C\CCCCCCCCCCCCCCC(=O)NC(COP(=O)([O-])OCC[N+](C)(C)C)C(O)CCCCCCCCCCCCCCCCCCCC. The molecule has 0 saturated heterocycles. The standard InChI is InChI=1S/C68H123N2O6P/c1-6-8-10-12-14-16-18-20-22-24-26-27-28-29-30-31-32-33-34-35-36-37-38-39-40-41-42-43-44-46-48-50-52-54-56-58-60-62-68(72)69-66(65-76-77(73,74)75-64-63-70(3,4)5)67(71)61-59-57-55-53-51-49-47-45-25-23-21-19-17-15-13-11-9-7-2/h8,10,14,16,20,22,26-27,29-30,32-33,35-36,38-39,66-67,71H,6-7,9,11-13,15,17-19,21,23-25,28,31,34,37,40-65H2,1-5H3,(H-,69,72,73,74)/b10-8-,16-14-,22-20-,27-26-,30-29-,33-32-,36-35-,39-38-. The van der Waals surface area contributed by atoms with Crippen LogP contribution in [-0.2, 0) is 18.4 Å². The predicted molar refractivity (Wildman–Crippen MR) is 334 cm³/mol. The molecule has 1 amide bonds. The van der Waals surface area contributed by atoms with E-state index in [0.29, 0.717) is 23.9 Å². The smallest absolute Gasteiger partial charge is 0.268 e. The molecule has 3 unspecified atom stereocenters.